The summed E-state index contributed by atoms with van der Waals surface area (Å²) in [5, 5.41) is 2.84. The number of anilines is 2. The number of aryl methyl sites for hydroxylation is 2. The third-order valence-electron chi connectivity index (χ3n) is 4.96. The van der Waals surface area contributed by atoms with Crippen LogP contribution in [0.5, 0.6) is 0 Å². The second-order valence-electron chi connectivity index (χ2n) is 7.05. The van der Waals surface area contributed by atoms with Crippen molar-refractivity contribution in [3.05, 3.63) is 89.0 Å². The number of carbonyl (C=O) groups excluding carboxylic acids is 1. The molecular weight excluding hydrogens is 410 g/mol. The number of hydrogen-bond acceptors (Lipinski definition) is 3. The minimum Gasteiger partial charge on any atom is -0.322 e. The van der Waals surface area contributed by atoms with Crippen LogP contribution in [-0.4, -0.2) is 14.3 Å². The van der Waals surface area contributed by atoms with E-state index in [1.807, 2.05) is 18.2 Å². The summed E-state index contributed by atoms with van der Waals surface area (Å²) >= 11 is 0. The first kappa shape index (κ1) is 20.0. The number of amides is 1. The van der Waals surface area contributed by atoms with Gasteiger partial charge in [-0.1, -0.05) is 6.07 Å². The molecule has 0 unspecified atom stereocenters. The maximum absolute atomic E-state index is 13.3. The monoisotopic (exact) mass is 428 g/mol. The molecule has 0 atom stereocenters. The summed E-state index contributed by atoms with van der Waals surface area (Å²) in [5.74, 6) is -2.70. The van der Waals surface area contributed by atoms with Crippen molar-refractivity contribution in [2.45, 2.75) is 24.2 Å². The number of nitrogens with one attached hydrogen (secondary N) is 2. The standard InChI is InChI=1S/C22H18F2N2O3S/c23-20-11-10-19(13-21(20)24)30(28,29)26-17-7-5-15(6-8-17)22(27)25-18-9-4-14-2-1-3-16(14)12-18/h4-13,26H,1-3H2,(H,25,27). The molecule has 30 heavy (non-hydrogen) atoms. The van der Waals surface area contributed by atoms with Crippen LogP contribution in [0.3, 0.4) is 0 Å². The molecule has 0 bridgehead atoms. The summed E-state index contributed by atoms with van der Waals surface area (Å²) < 4.78 is 53.3. The van der Waals surface area contributed by atoms with E-state index < -0.39 is 26.6 Å². The van der Waals surface area contributed by atoms with E-state index in [0.29, 0.717) is 17.3 Å². The molecule has 2 N–H and O–H groups in total. The largest absolute Gasteiger partial charge is 0.322 e. The van der Waals surface area contributed by atoms with Crippen molar-refractivity contribution in [2.24, 2.45) is 0 Å². The highest BCUT2D eigenvalue weighted by molar-refractivity contribution is 7.92. The second kappa shape index (κ2) is 7.87. The van der Waals surface area contributed by atoms with Crippen LogP contribution in [-0.2, 0) is 22.9 Å². The smallest absolute Gasteiger partial charge is 0.261 e. The molecule has 0 fully saturated rings. The Hall–Kier alpha value is -3.26. The van der Waals surface area contributed by atoms with Gasteiger partial charge < -0.3 is 5.32 Å². The van der Waals surface area contributed by atoms with Crippen LogP contribution < -0.4 is 10.0 Å². The summed E-state index contributed by atoms with van der Waals surface area (Å²) in [4.78, 5) is 12.1. The Balaban J connectivity index is 1.45. The Bertz CT molecular complexity index is 1230. The molecule has 1 aliphatic rings. The zero-order chi connectivity index (χ0) is 21.3. The van der Waals surface area contributed by atoms with E-state index in [9.17, 15) is 22.0 Å². The Morgan fingerprint density at radius 2 is 1.50 bits per heavy atom. The second-order valence-corrected chi connectivity index (χ2v) is 8.73. The zero-order valence-corrected chi connectivity index (χ0v) is 16.6. The van der Waals surface area contributed by atoms with Crippen molar-refractivity contribution in [1.29, 1.82) is 0 Å². The van der Waals surface area contributed by atoms with Gasteiger partial charge in [-0.25, -0.2) is 17.2 Å². The first-order valence-corrected chi connectivity index (χ1v) is 10.8. The van der Waals surface area contributed by atoms with E-state index in [-0.39, 0.29) is 11.6 Å². The average Bonchev–Trinajstić information content (AvgIpc) is 3.18. The van der Waals surface area contributed by atoms with Gasteiger partial charge in [0.2, 0.25) is 0 Å². The fourth-order valence-corrected chi connectivity index (χ4v) is 4.47. The molecule has 8 heteroatoms. The third kappa shape index (κ3) is 4.18. The van der Waals surface area contributed by atoms with E-state index in [0.717, 1.165) is 31.4 Å². The Morgan fingerprint density at radius 1 is 0.800 bits per heavy atom. The van der Waals surface area contributed by atoms with Crippen molar-refractivity contribution in [2.75, 3.05) is 10.0 Å². The highest BCUT2D eigenvalue weighted by Crippen LogP contribution is 2.25. The summed E-state index contributed by atoms with van der Waals surface area (Å²) in [6.45, 7) is 0. The molecule has 0 saturated heterocycles. The van der Waals surface area contributed by atoms with Crippen molar-refractivity contribution >= 4 is 27.3 Å². The topological polar surface area (TPSA) is 75.3 Å². The van der Waals surface area contributed by atoms with Gasteiger partial charge in [0.15, 0.2) is 11.6 Å². The molecule has 1 aliphatic carbocycles. The van der Waals surface area contributed by atoms with Crippen LogP contribution in [0.25, 0.3) is 0 Å². The summed E-state index contributed by atoms with van der Waals surface area (Å²) in [6.07, 6.45) is 3.19. The molecule has 0 aromatic heterocycles. The zero-order valence-electron chi connectivity index (χ0n) is 15.8. The highest BCUT2D eigenvalue weighted by Gasteiger charge is 2.17. The first-order valence-electron chi connectivity index (χ1n) is 9.33. The first-order chi connectivity index (χ1) is 14.3. The van der Waals surface area contributed by atoms with E-state index >= 15 is 0 Å². The van der Waals surface area contributed by atoms with Crippen LogP contribution in [0.2, 0.25) is 0 Å². The molecule has 0 spiro atoms. The number of rotatable bonds is 5. The maximum Gasteiger partial charge on any atom is 0.261 e. The average molecular weight is 428 g/mol. The maximum atomic E-state index is 13.3. The molecule has 0 aliphatic heterocycles. The van der Waals surface area contributed by atoms with Gasteiger partial charge in [-0.15, -0.1) is 0 Å². The lowest BCUT2D eigenvalue weighted by atomic mass is 10.1. The van der Waals surface area contributed by atoms with Crippen LogP contribution in [0, 0.1) is 11.6 Å². The van der Waals surface area contributed by atoms with Crippen LogP contribution in [0.15, 0.2) is 65.6 Å². The van der Waals surface area contributed by atoms with Gasteiger partial charge in [0.05, 0.1) is 4.90 Å². The minimum absolute atomic E-state index is 0.189. The molecule has 0 heterocycles. The normalized spacial score (nSPS) is 13.0. The quantitative estimate of drug-likeness (QED) is 0.628. The molecule has 5 nitrogen and oxygen atoms in total. The van der Waals surface area contributed by atoms with Gasteiger partial charge in [-0.05, 0) is 85.0 Å². The van der Waals surface area contributed by atoms with Gasteiger partial charge in [-0.2, -0.15) is 0 Å². The summed E-state index contributed by atoms with van der Waals surface area (Å²) in [7, 11) is -4.10. The van der Waals surface area contributed by atoms with Gasteiger partial charge >= 0.3 is 0 Å². The lowest BCUT2D eigenvalue weighted by Gasteiger charge is -2.10. The highest BCUT2D eigenvalue weighted by atomic mass is 32.2. The number of halogens is 2. The van der Waals surface area contributed by atoms with E-state index in [4.69, 9.17) is 0 Å². The van der Waals surface area contributed by atoms with Crippen molar-refractivity contribution < 1.29 is 22.0 Å². The Kier molecular flexibility index (Phi) is 5.26. The molecule has 3 aromatic rings. The molecule has 0 radical (unpaired) electrons. The number of benzene rings is 3. The van der Waals surface area contributed by atoms with E-state index in [1.165, 1.54) is 35.4 Å². The summed E-state index contributed by atoms with van der Waals surface area (Å²) in [5.41, 5.74) is 3.81. The number of carbonyl (C=O) groups is 1. The number of fused-ring (bicyclic) bond motifs is 1. The van der Waals surface area contributed by atoms with Crippen LogP contribution in [0.1, 0.15) is 27.9 Å². The summed E-state index contributed by atoms with van der Waals surface area (Å²) in [6, 6.07) is 14.0. The van der Waals surface area contributed by atoms with Crippen LogP contribution >= 0.6 is 0 Å². The lowest BCUT2D eigenvalue weighted by Crippen LogP contribution is -2.14. The predicted octanol–water partition coefficient (Wildman–Crippen LogP) is 4.51. The van der Waals surface area contributed by atoms with Gasteiger partial charge in [0, 0.05) is 16.9 Å². The number of hydrogen-bond donors (Lipinski definition) is 2. The fraction of sp³-hybridized carbons (Fsp3) is 0.136. The SMILES string of the molecule is O=C(Nc1ccc2c(c1)CCC2)c1ccc(NS(=O)(=O)c2ccc(F)c(F)c2)cc1. The van der Waals surface area contributed by atoms with Crippen LogP contribution in [0.4, 0.5) is 20.2 Å². The Labute approximate surface area is 172 Å². The Morgan fingerprint density at radius 3 is 2.23 bits per heavy atom. The van der Waals surface area contributed by atoms with Crippen molar-refractivity contribution in [3.63, 3.8) is 0 Å². The van der Waals surface area contributed by atoms with Gasteiger partial charge in [-0.3, -0.25) is 9.52 Å². The van der Waals surface area contributed by atoms with E-state index in [2.05, 4.69) is 10.0 Å². The number of sulfonamides is 1. The van der Waals surface area contributed by atoms with Gasteiger partial charge in [0.1, 0.15) is 0 Å². The predicted molar refractivity (Wildman–Crippen MR) is 110 cm³/mol. The molecule has 4 rings (SSSR count). The van der Waals surface area contributed by atoms with Gasteiger partial charge in [0.25, 0.3) is 15.9 Å². The molecule has 154 valence electrons. The van der Waals surface area contributed by atoms with Crippen molar-refractivity contribution in [1.82, 2.24) is 0 Å². The molecule has 3 aromatic carbocycles. The lowest BCUT2D eigenvalue weighted by molar-refractivity contribution is 0.102. The molecular formula is C22H18F2N2O3S. The minimum atomic E-state index is -4.10. The molecule has 0 saturated carbocycles. The third-order valence-corrected chi connectivity index (χ3v) is 6.34. The molecule has 1 amide bonds. The van der Waals surface area contributed by atoms with E-state index in [1.54, 1.807) is 0 Å². The van der Waals surface area contributed by atoms with Crippen molar-refractivity contribution in [3.8, 4) is 0 Å². The fourth-order valence-electron chi connectivity index (χ4n) is 3.40.